The molecule has 0 heterocycles. The van der Waals surface area contributed by atoms with Crippen LogP contribution in [-0.4, -0.2) is 5.91 Å². The summed E-state index contributed by atoms with van der Waals surface area (Å²) in [6, 6.07) is 22.0. The first-order valence-corrected chi connectivity index (χ1v) is 9.98. The summed E-state index contributed by atoms with van der Waals surface area (Å²) >= 11 is 7.56. The normalized spacial score (nSPS) is 10.6. The van der Waals surface area contributed by atoms with Crippen LogP contribution >= 0.6 is 23.4 Å². The number of amides is 1. The molecule has 0 spiro atoms. The van der Waals surface area contributed by atoms with E-state index in [0.29, 0.717) is 17.0 Å². The number of para-hydroxylation sites is 1. The highest BCUT2D eigenvalue weighted by Gasteiger charge is 2.09. The maximum Gasteiger partial charge on any atom is 0.224 e. The lowest BCUT2D eigenvalue weighted by atomic mass is 10.1. The molecule has 3 rings (SSSR count). The van der Waals surface area contributed by atoms with Gasteiger partial charge < -0.3 is 5.32 Å². The molecular formula is C22H19ClFNOS. The van der Waals surface area contributed by atoms with Gasteiger partial charge >= 0.3 is 0 Å². The van der Waals surface area contributed by atoms with Crippen molar-refractivity contribution in [3.8, 4) is 0 Å². The minimum Gasteiger partial charge on any atom is -0.325 e. The monoisotopic (exact) mass is 399 g/mol. The zero-order chi connectivity index (χ0) is 19.1. The largest absolute Gasteiger partial charge is 0.325 e. The third-order valence-electron chi connectivity index (χ3n) is 4.05. The fraction of sp³-hybridized carbons (Fsp3) is 0.136. The molecule has 2 nitrogen and oxygen atoms in total. The molecule has 0 saturated heterocycles. The van der Waals surface area contributed by atoms with E-state index in [9.17, 15) is 9.18 Å². The molecule has 0 bridgehead atoms. The predicted molar refractivity (Wildman–Crippen MR) is 111 cm³/mol. The highest BCUT2D eigenvalue weighted by atomic mass is 35.5. The summed E-state index contributed by atoms with van der Waals surface area (Å²) in [6.45, 7) is 0. The van der Waals surface area contributed by atoms with E-state index in [1.165, 1.54) is 6.07 Å². The van der Waals surface area contributed by atoms with E-state index < -0.39 is 0 Å². The van der Waals surface area contributed by atoms with Crippen LogP contribution in [0.25, 0.3) is 0 Å². The van der Waals surface area contributed by atoms with Gasteiger partial charge in [-0.25, -0.2) is 4.39 Å². The number of benzene rings is 3. The molecule has 0 aliphatic heterocycles. The molecule has 1 amide bonds. The molecule has 5 heteroatoms. The van der Waals surface area contributed by atoms with E-state index in [2.05, 4.69) is 5.32 Å². The number of hydrogen-bond acceptors (Lipinski definition) is 2. The van der Waals surface area contributed by atoms with Gasteiger partial charge in [-0.3, -0.25) is 4.79 Å². The minimum atomic E-state index is -0.274. The Morgan fingerprint density at radius 3 is 2.44 bits per heavy atom. The van der Waals surface area contributed by atoms with Crippen LogP contribution in [0.4, 0.5) is 10.1 Å². The lowest BCUT2D eigenvalue weighted by Crippen LogP contribution is -2.13. The standard InChI is InChI=1S/C22H19ClFNOS/c23-18-12-9-16(10-13-18)15-27-21-8-4-3-7-20(21)25-22(26)14-11-17-5-1-2-6-19(17)24/h1-10,12-13H,11,14-15H2,(H,25,26). The molecular weight excluding hydrogens is 381 g/mol. The highest BCUT2D eigenvalue weighted by molar-refractivity contribution is 7.98. The second-order valence-electron chi connectivity index (χ2n) is 6.05. The first kappa shape index (κ1) is 19.5. The SMILES string of the molecule is O=C(CCc1ccccc1F)Nc1ccccc1SCc1ccc(Cl)cc1. The number of rotatable bonds is 7. The third kappa shape index (κ3) is 5.84. The molecule has 0 atom stereocenters. The van der Waals surface area contributed by atoms with Gasteiger partial charge in [0.1, 0.15) is 5.82 Å². The van der Waals surface area contributed by atoms with Crippen LogP contribution in [0.5, 0.6) is 0 Å². The Kier molecular flexibility index (Phi) is 6.91. The fourth-order valence-electron chi connectivity index (χ4n) is 2.60. The van der Waals surface area contributed by atoms with Crippen LogP contribution in [0.1, 0.15) is 17.5 Å². The maximum atomic E-state index is 13.7. The van der Waals surface area contributed by atoms with Crippen LogP contribution in [0, 0.1) is 5.82 Å². The van der Waals surface area contributed by atoms with Gasteiger partial charge in [-0.05, 0) is 47.9 Å². The van der Waals surface area contributed by atoms with Crippen LogP contribution in [0.2, 0.25) is 5.02 Å². The van der Waals surface area contributed by atoms with Crippen molar-refractivity contribution in [3.05, 3.63) is 94.8 Å². The van der Waals surface area contributed by atoms with Crippen molar-refractivity contribution >= 4 is 35.0 Å². The zero-order valence-corrected chi connectivity index (χ0v) is 16.2. The van der Waals surface area contributed by atoms with Gasteiger partial charge in [-0.2, -0.15) is 0 Å². The van der Waals surface area contributed by atoms with Crippen molar-refractivity contribution < 1.29 is 9.18 Å². The van der Waals surface area contributed by atoms with E-state index in [1.807, 2.05) is 48.5 Å². The summed E-state index contributed by atoms with van der Waals surface area (Å²) in [5.74, 6) is 0.376. The Hall–Kier alpha value is -2.30. The number of carbonyl (C=O) groups is 1. The van der Waals surface area contributed by atoms with Gasteiger partial charge in [0.25, 0.3) is 0 Å². The van der Waals surface area contributed by atoms with Crippen LogP contribution in [0.15, 0.2) is 77.7 Å². The molecule has 27 heavy (non-hydrogen) atoms. The summed E-state index contributed by atoms with van der Waals surface area (Å²) in [5.41, 5.74) is 2.48. The summed E-state index contributed by atoms with van der Waals surface area (Å²) in [4.78, 5) is 13.3. The second-order valence-corrected chi connectivity index (χ2v) is 7.50. The van der Waals surface area contributed by atoms with E-state index in [4.69, 9.17) is 11.6 Å². The maximum absolute atomic E-state index is 13.7. The average Bonchev–Trinajstić information content (AvgIpc) is 2.68. The molecule has 0 aliphatic rings. The summed E-state index contributed by atoms with van der Waals surface area (Å²) < 4.78 is 13.7. The number of thioether (sulfide) groups is 1. The van der Waals surface area contributed by atoms with Gasteiger partial charge in [0.2, 0.25) is 5.91 Å². The van der Waals surface area contributed by atoms with Gasteiger partial charge in [-0.1, -0.05) is 54.1 Å². The smallest absolute Gasteiger partial charge is 0.224 e. The van der Waals surface area contributed by atoms with Crippen LogP contribution in [-0.2, 0) is 17.0 Å². The van der Waals surface area contributed by atoms with Crippen LogP contribution < -0.4 is 5.32 Å². The fourth-order valence-corrected chi connectivity index (χ4v) is 3.69. The molecule has 0 fully saturated rings. The van der Waals surface area contributed by atoms with E-state index in [0.717, 1.165) is 21.9 Å². The number of anilines is 1. The Morgan fingerprint density at radius 1 is 0.963 bits per heavy atom. The number of nitrogens with one attached hydrogen (secondary N) is 1. The molecule has 0 radical (unpaired) electrons. The molecule has 3 aromatic rings. The molecule has 3 aromatic carbocycles. The number of halogens is 2. The molecule has 0 aliphatic carbocycles. The van der Waals surface area contributed by atoms with E-state index in [-0.39, 0.29) is 18.1 Å². The number of carbonyl (C=O) groups excluding carboxylic acids is 1. The first-order chi connectivity index (χ1) is 13.1. The second kappa shape index (κ2) is 9.58. The van der Waals surface area contributed by atoms with Crippen LogP contribution in [0.3, 0.4) is 0 Å². The van der Waals surface area contributed by atoms with E-state index >= 15 is 0 Å². The average molecular weight is 400 g/mol. The molecule has 0 saturated carbocycles. The molecule has 0 unspecified atom stereocenters. The number of aryl methyl sites for hydroxylation is 1. The molecule has 0 aromatic heterocycles. The van der Waals surface area contributed by atoms with Crippen molar-refractivity contribution in [2.75, 3.05) is 5.32 Å². The van der Waals surface area contributed by atoms with Crippen molar-refractivity contribution in [2.24, 2.45) is 0 Å². The van der Waals surface area contributed by atoms with Crippen molar-refractivity contribution in [1.29, 1.82) is 0 Å². The first-order valence-electron chi connectivity index (χ1n) is 8.61. The quantitative estimate of drug-likeness (QED) is 0.469. The Morgan fingerprint density at radius 2 is 1.67 bits per heavy atom. The molecule has 1 N–H and O–H groups in total. The Balaban J connectivity index is 1.59. The van der Waals surface area contributed by atoms with Gasteiger partial charge in [0.15, 0.2) is 0 Å². The zero-order valence-electron chi connectivity index (χ0n) is 14.6. The summed E-state index contributed by atoms with van der Waals surface area (Å²) in [5, 5.41) is 3.66. The third-order valence-corrected chi connectivity index (χ3v) is 5.44. The topological polar surface area (TPSA) is 29.1 Å². The minimum absolute atomic E-state index is 0.127. The highest BCUT2D eigenvalue weighted by Crippen LogP contribution is 2.30. The Labute approximate surface area is 167 Å². The van der Waals surface area contributed by atoms with Crippen molar-refractivity contribution in [1.82, 2.24) is 0 Å². The van der Waals surface area contributed by atoms with Gasteiger partial charge in [0, 0.05) is 22.1 Å². The van der Waals surface area contributed by atoms with Crippen molar-refractivity contribution in [2.45, 2.75) is 23.5 Å². The van der Waals surface area contributed by atoms with E-state index in [1.54, 1.807) is 30.0 Å². The summed E-state index contributed by atoms with van der Waals surface area (Å²) in [7, 11) is 0. The lowest BCUT2D eigenvalue weighted by Gasteiger charge is -2.11. The lowest BCUT2D eigenvalue weighted by molar-refractivity contribution is -0.116. The molecule has 138 valence electrons. The van der Waals surface area contributed by atoms with Gasteiger partial charge in [0.05, 0.1) is 5.69 Å². The predicted octanol–water partition coefficient (Wildman–Crippen LogP) is 6.34. The summed E-state index contributed by atoms with van der Waals surface area (Å²) in [6.07, 6.45) is 0.607. The van der Waals surface area contributed by atoms with Crippen molar-refractivity contribution in [3.63, 3.8) is 0 Å². The van der Waals surface area contributed by atoms with Gasteiger partial charge in [-0.15, -0.1) is 11.8 Å². The Bertz CT molecular complexity index is 914. The number of hydrogen-bond donors (Lipinski definition) is 1.